The Hall–Kier alpha value is -3.33. The van der Waals surface area contributed by atoms with Crippen LogP contribution in [0.1, 0.15) is 0 Å². The van der Waals surface area contributed by atoms with Crippen molar-refractivity contribution in [1.82, 2.24) is 4.98 Å². The van der Waals surface area contributed by atoms with Gasteiger partial charge in [0, 0.05) is 11.8 Å². The van der Waals surface area contributed by atoms with Gasteiger partial charge in [-0.2, -0.15) is 0 Å². The van der Waals surface area contributed by atoms with E-state index >= 15 is 0 Å². The molecule has 5 rings (SSSR count). The van der Waals surface area contributed by atoms with Crippen LogP contribution in [0.5, 0.6) is 5.75 Å². The van der Waals surface area contributed by atoms with Crippen molar-refractivity contribution in [3.8, 4) is 16.9 Å². The molecule has 3 aliphatic rings. The Kier molecular flexibility index (Phi) is 3.83. The molecular weight excluding hydrogens is 366 g/mol. The van der Waals surface area contributed by atoms with Gasteiger partial charge in [0.05, 0.1) is 18.8 Å². The molecule has 9 nitrogen and oxygen atoms in total. The highest BCUT2D eigenvalue weighted by molar-refractivity contribution is 5.94. The van der Waals surface area contributed by atoms with Crippen LogP contribution in [0.25, 0.3) is 11.1 Å². The van der Waals surface area contributed by atoms with Gasteiger partial charge in [-0.05, 0) is 29.8 Å². The Bertz CT molecular complexity index is 947. The number of pyridine rings is 1. The number of carbonyl (C=O) groups excluding carboxylic acids is 2. The molecule has 1 aromatic carbocycles. The number of aliphatic hydroxyl groups is 1. The van der Waals surface area contributed by atoms with Gasteiger partial charge < -0.3 is 19.3 Å². The Morgan fingerprint density at radius 1 is 1.11 bits per heavy atom. The van der Waals surface area contributed by atoms with Crippen molar-refractivity contribution >= 4 is 23.7 Å². The third-order valence-electron chi connectivity index (χ3n) is 5.14. The van der Waals surface area contributed by atoms with Gasteiger partial charge in [0.1, 0.15) is 30.8 Å². The van der Waals surface area contributed by atoms with E-state index in [1.807, 2.05) is 18.2 Å². The van der Waals surface area contributed by atoms with Crippen LogP contribution in [0.15, 0.2) is 36.5 Å². The van der Waals surface area contributed by atoms with E-state index in [4.69, 9.17) is 14.2 Å². The van der Waals surface area contributed by atoms with Gasteiger partial charge in [-0.3, -0.25) is 9.80 Å². The summed E-state index contributed by atoms with van der Waals surface area (Å²) in [6, 6.07) is 8.80. The molecule has 4 heterocycles. The number of hydrogen-bond acceptors (Lipinski definition) is 7. The lowest BCUT2D eigenvalue weighted by molar-refractivity contribution is 0.0734. The van der Waals surface area contributed by atoms with Crippen LogP contribution in [0.3, 0.4) is 0 Å². The minimum Gasteiger partial charge on any atom is -0.489 e. The quantitative estimate of drug-likeness (QED) is 0.862. The highest BCUT2D eigenvalue weighted by Gasteiger charge is 2.46. The number of aliphatic hydroxyl groups excluding tert-OH is 1. The summed E-state index contributed by atoms with van der Waals surface area (Å²) in [5.41, 5.74) is 2.33. The Labute approximate surface area is 160 Å². The van der Waals surface area contributed by atoms with Crippen LogP contribution in [0.4, 0.5) is 21.1 Å². The van der Waals surface area contributed by atoms with E-state index < -0.39 is 18.3 Å². The number of anilines is 2. The smallest absolute Gasteiger partial charge is 0.415 e. The number of amides is 2. The van der Waals surface area contributed by atoms with Crippen LogP contribution in [0.2, 0.25) is 0 Å². The number of rotatable bonds is 3. The zero-order valence-electron chi connectivity index (χ0n) is 14.8. The van der Waals surface area contributed by atoms with Crippen LogP contribution >= 0.6 is 0 Å². The van der Waals surface area contributed by atoms with Crippen molar-refractivity contribution in [1.29, 1.82) is 0 Å². The number of aromatic nitrogens is 1. The molecule has 1 N–H and O–H groups in total. The van der Waals surface area contributed by atoms with E-state index in [1.54, 1.807) is 18.3 Å². The predicted octanol–water partition coefficient (Wildman–Crippen LogP) is 1.78. The summed E-state index contributed by atoms with van der Waals surface area (Å²) in [6.07, 6.45) is 0.218. The van der Waals surface area contributed by atoms with Gasteiger partial charge in [-0.25, -0.2) is 14.6 Å². The van der Waals surface area contributed by atoms with E-state index in [9.17, 15) is 14.7 Å². The highest BCUT2D eigenvalue weighted by Crippen LogP contribution is 2.41. The molecule has 2 fully saturated rings. The lowest BCUT2D eigenvalue weighted by Gasteiger charge is -2.31. The van der Waals surface area contributed by atoms with E-state index in [0.29, 0.717) is 30.4 Å². The maximum Gasteiger partial charge on any atom is 0.415 e. The number of hydrogen-bond donors (Lipinski definition) is 1. The summed E-state index contributed by atoms with van der Waals surface area (Å²) in [6.45, 7) is 0.856. The molecule has 2 atom stereocenters. The zero-order valence-corrected chi connectivity index (χ0v) is 14.8. The van der Waals surface area contributed by atoms with E-state index in [2.05, 4.69) is 4.98 Å². The molecule has 28 heavy (non-hydrogen) atoms. The first-order valence-electron chi connectivity index (χ1n) is 8.94. The average molecular weight is 383 g/mol. The Balaban J connectivity index is 1.42. The summed E-state index contributed by atoms with van der Waals surface area (Å²) >= 11 is 0. The maximum atomic E-state index is 12.2. The fourth-order valence-electron chi connectivity index (χ4n) is 3.69. The van der Waals surface area contributed by atoms with Crippen LogP contribution < -0.4 is 14.5 Å². The van der Waals surface area contributed by atoms with Crippen LogP contribution in [-0.4, -0.2) is 60.8 Å². The van der Waals surface area contributed by atoms with Crippen molar-refractivity contribution in [2.75, 3.05) is 36.2 Å². The zero-order chi connectivity index (χ0) is 19.3. The van der Waals surface area contributed by atoms with E-state index in [1.165, 1.54) is 9.80 Å². The van der Waals surface area contributed by atoms with Gasteiger partial charge in [0.25, 0.3) is 0 Å². The molecule has 0 unspecified atom stereocenters. The normalized spacial score (nSPS) is 23.0. The summed E-state index contributed by atoms with van der Waals surface area (Å²) in [5, 5.41) is 9.38. The largest absolute Gasteiger partial charge is 0.489 e. The van der Waals surface area contributed by atoms with Gasteiger partial charge in [-0.15, -0.1) is 0 Å². The number of ether oxygens (including phenoxy) is 3. The molecule has 1 aromatic heterocycles. The highest BCUT2D eigenvalue weighted by atomic mass is 16.6. The molecule has 0 bridgehead atoms. The lowest BCUT2D eigenvalue weighted by atomic mass is 10.0. The van der Waals surface area contributed by atoms with Crippen molar-refractivity contribution in [3.05, 3.63) is 36.5 Å². The maximum absolute atomic E-state index is 12.2. The fourth-order valence-corrected chi connectivity index (χ4v) is 3.69. The minimum absolute atomic E-state index is 0.244. The van der Waals surface area contributed by atoms with Crippen molar-refractivity contribution in [2.24, 2.45) is 0 Å². The molecule has 0 spiro atoms. The molecule has 0 saturated carbocycles. The third-order valence-corrected chi connectivity index (χ3v) is 5.14. The molecule has 2 amide bonds. The molecule has 2 saturated heterocycles. The molecule has 0 radical (unpaired) electrons. The van der Waals surface area contributed by atoms with Crippen molar-refractivity contribution in [3.63, 3.8) is 0 Å². The van der Waals surface area contributed by atoms with Gasteiger partial charge >= 0.3 is 12.2 Å². The molecule has 3 aliphatic heterocycles. The van der Waals surface area contributed by atoms with Crippen molar-refractivity contribution < 1.29 is 28.9 Å². The van der Waals surface area contributed by atoms with Crippen LogP contribution in [-0.2, 0) is 9.47 Å². The third kappa shape index (κ3) is 2.55. The van der Waals surface area contributed by atoms with Crippen molar-refractivity contribution in [2.45, 2.75) is 12.1 Å². The Morgan fingerprint density at radius 3 is 2.68 bits per heavy atom. The number of carbonyl (C=O) groups is 2. The second-order valence-corrected chi connectivity index (χ2v) is 6.71. The molecule has 144 valence electrons. The summed E-state index contributed by atoms with van der Waals surface area (Å²) in [4.78, 5) is 31.2. The monoisotopic (exact) mass is 383 g/mol. The first-order chi connectivity index (χ1) is 13.7. The number of nitrogens with zero attached hydrogens (tertiary/aromatic N) is 3. The molecule has 0 aliphatic carbocycles. The average Bonchev–Trinajstić information content (AvgIpc) is 3.30. The SMILES string of the molecule is O=C1OCCN1c1ccc(-c2ccc3c(c2)OC[C@H]2[C@H](CO)OC(=O)N32)cn1. The first kappa shape index (κ1) is 16.8. The number of fused-ring (bicyclic) bond motifs is 3. The molecule has 9 heteroatoms. The molecule has 2 aromatic rings. The second-order valence-electron chi connectivity index (χ2n) is 6.71. The van der Waals surface area contributed by atoms with E-state index in [-0.39, 0.29) is 19.3 Å². The minimum atomic E-state index is -0.589. The molecular formula is C19H17N3O6. The fraction of sp³-hybridized carbons (Fsp3) is 0.316. The Morgan fingerprint density at radius 2 is 1.96 bits per heavy atom. The predicted molar refractivity (Wildman–Crippen MR) is 97.5 cm³/mol. The van der Waals surface area contributed by atoms with Gasteiger partial charge in [-0.1, -0.05) is 6.07 Å². The standard InChI is InChI=1S/C19H17N3O6/c23-9-16-14-10-27-15-7-11(1-3-13(15)22(14)19(25)28-16)12-2-4-17(20-8-12)21-5-6-26-18(21)24/h1-4,7-8,14,16,23H,5-6,9-10H2/t14-,16-/m0/s1. The number of benzene rings is 1. The van der Waals surface area contributed by atoms with Crippen LogP contribution in [0, 0.1) is 0 Å². The summed E-state index contributed by atoms with van der Waals surface area (Å²) in [7, 11) is 0. The van der Waals surface area contributed by atoms with Gasteiger partial charge in [0.2, 0.25) is 0 Å². The van der Waals surface area contributed by atoms with E-state index in [0.717, 1.165) is 11.1 Å². The topological polar surface area (TPSA) is 101 Å². The summed E-state index contributed by atoms with van der Waals surface area (Å²) in [5.74, 6) is 1.11. The van der Waals surface area contributed by atoms with Gasteiger partial charge in [0.15, 0.2) is 6.10 Å². The summed E-state index contributed by atoms with van der Waals surface area (Å²) < 4.78 is 16.0. The number of cyclic esters (lactones) is 2. The lowest BCUT2D eigenvalue weighted by Crippen LogP contribution is -2.45. The second kappa shape index (κ2) is 6.38. The first-order valence-corrected chi connectivity index (χ1v) is 8.94.